The minimum absolute atomic E-state index is 0.0189. The van der Waals surface area contributed by atoms with Gasteiger partial charge in [-0.3, -0.25) is 0 Å². The molecule has 126 valence electrons. The monoisotopic (exact) mass is 324 g/mol. The van der Waals surface area contributed by atoms with Crippen molar-refractivity contribution in [2.75, 3.05) is 0 Å². The molecule has 0 amide bonds. The number of hydrogen-bond acceptors (Lipinski definition) is 3. The normalized spacial score (nSPS) is 28.5. The van der Waals surface area contributed by atoms with Gasteiger partial charge in [-0.1, -0.05) is 31.9 Å². The number of phenols is 2. The SMILES string of the molecule is CCC1CC[C@@H]2[C@H](C1)c1cc(O)ccc1O[C@@H]2c1ccc(O)cc1. The van der Waals surface area contributed by atoms with Crippen molar-refractivity contribution >= 4 is 0 Å². The third kappa shape index (κ3) is 2.62. The van der Waals surface area contributed by atoms with Crippen molar-refractivity contribution < 1.29 is 14.9 Å². The summed E-state index contributed by atoms with van der Waals surface area (Å²) in [4.78, 5) is 0. The Morgan fingerprint density at radius 1 is 1.00 bits per heavy atom. The second-order valence-corrected chi connectivity index (χ2v) is 7.21. The van der Waals surface area contributed by atoms with Crippen LogP contribution in [-0.4, -0.2) is 10.2 Å². The van der Waals surface area contributed by atoms with Crippen molar-refractivity contribution in [3.05, 3.63) is 53.6 Å². The van der Waals surface area contributed by atoms with Gasteiger partial charge in [-0.15, -0.1) is 0 Å². The molecule has 1 heterocycles. The maximum absolute atomic E-state index is 9.93. The van der Waals surface area contributed by atoms with Gasteiger partial charge >= 0.3 is 0 Å². The van der Waals surface area contributed by atoms with Crippen LogP contribution in [0.4, 0.5) is 0 Å². The van der Waals surface area contributed by atoms with Crippen LogP contribution in [0.15, 0.2) is 42.5 Å². The van der Waals surface area contributed by atoms with E-state index in [1.165, 1.54) is 12.8 Å². The molecule has 0 spiro atoms. The molecule has 0 bridgehead atoms. The molecule has 0 radical (unpaired) electrons. The molecular formula is C21H24O3. The summed E-state index contributed by atoms with van der Waals surface area (Å²) >= 11 is 0. The average molecular weight is 324 g/mol. The first-order valence-electron chi connectivity index (χ1n) is 8.94. The van der Waals surface area contributed by atoms with Crippen LogP contribution in [0.2, 0.25) is 0 Å². The summed E-state index contributed by atoms with van der Waals surface area (Å²) in [6.45, 7) is 2.27. The van der Waals surface area contributed by atoms with E-state index in [1.807, 2.05) is 24.3 Å². The van der Waals surface area contributed by atoms with Gasteiger partial charge in [-0.25, -0.2) is 0 Å². The van der Waals surface area contributed by atoms with Gasteiger partial charge in [0.2, 0.25) is 0 Å². The van der Waals surface area contributed by atoms with Crippen LogP contribution in [-0.2, 0) is 0 Å². The van der Waals surface area contributed by atoms with Crippen LogP contribution >= 0.6 is 0 Å². The van der Waals surface area contributed by atoms with Crippen molar-refractivity contribution in [2.24, 2.45) is 11.8 Å². The maximum atomic E-state index is 9.93. The summed E-state index contributed by atoms with van der Waals surface area (Å²) in [5, 5.41) is 19.5. The highest BCUT2D eigenvalue weighted by Crippen LogP contribution is 2.54. The van der Waals surface area contributed by atoms with E-state index in [0.29, 0.717) is 17.6 Å². The smallest absolute Gasteiger partial charge is 0.127 e. The van der Waals surface area contributed by atoms with Gasteiger partial charge in [-0.05, 0) is 60.6 Å². The molecule has 1 fully saturated rings. The summed E-state index contributed by atoms with van der Waals surface area (Å²) in [5.41, 5.74) is 2.28. The molecule has 3 nitrogen and oxygen atoms in total. The molecule has 1 aliphatic carbocycles. The van der Waals surface area contributed by atoms with Crippen molar-refractivity contribution in [1.29, 1.82) is 0 Å². The predicted octanol–water partition coefficient (Wildman–Crippen LogP) is 5.14. The Hall–Kier alpha value is -2.16. The lowest BCUT2D eigenvalue weighted by Crippen LogP contribution is -2.34. The molecule has 1 unspecified atom stereocenters. The molecule has 2 aliphatic rings. The summed E-state index contributed by atoms with van der Waals surface area (Å²) in [6, 6.07) is 12.9. The Morgan fingerprint density at radius 2 is 1.75 bits per heavy atom. The largest absolute Gasteiger partial charge is 0.508 e. The molecule has 0 aromatic heterocycles. The van der Waals surface area contributed by atoms with E-state index in [9.17, 15) is 10.2 Å². The number of hydrogen-bond donors (Lipinski definition) is 2. The van der Waals surface area contributed by atoms with Gasteiger partial charge in [0.05, 0.1) is 0 Å². The average Bonchev–Trinajstić information content (AvgIpc) is 2.61. The first-order chi connectivity index (χ1) is 11.7. The number of fused-ring (bicyclic) bond motifs is 3. The number of benzene rings is 2. The van der Waals surface area contributed by atoms with Crippen LogP contribution in [0, 0.1) is 11.8 Å². The molecule has 0 saturated heterocycles. The van der Waals surface area contributed by atoms with Crippen LogP contribution in [0.1, 0.15) is 55.8 Å². The summed E-state index contributed by atoms with van der Waals surface area (Å²) in [5.74, 6) is 3.10. The lowest BCUT2D eigenvalue weighted by molar-refractivity contribution is 0.0530. The topological polar surface area (TPSA) is 49.7 Å². The zero-order valence-electron chi connectivity index (χ0n) is 14.0. The van der Waals surface area contributed by atoms with E-state index in [4.69, 9.17) is 4.74 Å². The van der Waals surface area contributed by atoms with Crippen molar-refractivity contribution in [3.63, 3.8) is 0 Å². The van der Waals surface area contributed by atoms with Gasteiger partial charge < -0.3 is 14.9 Å². The standard InChI is InChI=1S/C21H24O3/c1-2-13-3-9-17-18(11-13)19-12-16(23)8-10-20(19)24-21(17)14-4-6-15(22)7-5-14/h4-8,10,12-13,17-18,21-23H,2-3,9,11H2,1H3/t13?,17-,18+,21-/m1/s1. The predicted molar refractivity (Wildman–Crippen MR) is 93.4 cm³/mol. The van der Waals surface area contributed by atoms with Crippen molar-refractivity contribution in [1.82, 2.24) is 0 Å². The second kappa shape index (κ2) is 6.04. The Bertz CT molecular complexity index is 722. The van der Waals surface area contributed by atoms with E-state index >= 15 is 0 Å². The molecule has 3 heteroatoms. The van der Waals surface area contributed by atoms with Crippen LogP contribution < -0.4 is 4.74 Å². The molecule has 4 rings (SSSR count). The lowest BCUT2D eigenvalue weighted by atomic mass is 9.66. The highest BCUT2D eigenvalue weighted by molar-refractivity contribution is 5.45. The molecule has 1 saturated carbocycles. The van der Waals surface area contributed by atoms with Crippen LogP contribution in [0.3, 0.4) is 0 Å². The molecule has 2 N–H and O–H groups in total. The number of phenolic OH excluding ortho intramolecular Hbond substituents is 2. The van der Waals surface area contributed by atoms with E-state index < -0.39 is 0 Å². The molecule has 2 aromatic carbocycles. The number of ether oxygens (including phenoxy) is 1. The number of aromatic hydroxyl groups is 2. The summed E-state index contributed by atoms with van der Waals surface area (Å²) < 4.78 is 6.36. The number of rotatable bonds is 2. The van der Waals surface area contributed by atoms with E-state index in [-0.39, 0.29) is 11.9 Å². The van der Waals surface area contributed by atoms with Gasteiger partial charge in [0.25, 0.3) is 0 Å². The highest BCUT2D eigenvalue weighted by Gasteiger charge is 2.42. The van der Waals surface area contributed by atoms with Gasteiger partial charge in [0.15, 0.2) is 0 Å². The highest BCUT2D eigenvalue weighted by atomic mass is 16.5. The van der Waals surface area contributed by atoms with E-state index in [0.717, 1.165) is 35.6 Å². The van der Waals surface area contributed by atoms with Gasteiger partial charge in [-0.2, -0.15) is 0 Å². The minimum atomic E-state index is 0.0189. The summed E-state index contributed by atoms with van der Waals surface area (Å²) in [7, 11) is 0. The fourth-order valence-electron chi connectivity index (χ4n) is 4.51. The van der Waals surface area contributed by atoms with Crippen molar-refractivity contribution in [2.45, 2.75) is 44.6 Å². The van der Waals surface area contributed by atoms with Crippen LogP contribution in [0.5, 0.6) is 17.2 Å². The molecular weight excluding hydrogens is 300 g/mol. The third-order valence-electron chi connectivity index (χ3n) is 5.85. The third-order valence-corrected chi connectivity index (χ3v) is 5.85. The van der Waals surface area contributed by atoms with E-state index in [1.54, 1.807) is 18.2 Å². The molecule has 4 atom stereocenters. The summed E-state index contributed by atoms with van der Waals surface area (Å²) in [6.07, 6.45) is 4.77. The molecule has 24 heavy (non-hydrogen) atoms. The Morgan fingerprint density at radius 3 is 2.50 bits per heavy atom. The van der Waals surface area contributed by atoms with Gasteiger partial charge in [0, 0.05) is 11.5 Å². The lowest BCUT2D eigenvalue weighted by Gasteiger charge is -2.44. The Kier molecular flexibility index (Phi) is 3.87. The zero-order valence-corrected chi connectivity index (χ0v) is 14.0. The fraction of sp³-hybridized carbons (Fsp3) is 0.429. The van der Waals surface area contributed by atoms with E-state index in [2.05, 4.69) is 6.92 Å². The van der Waals surface area contributed by atoms with Crippen molar-refractivity contribution in [3.8, 4) is 17.2 Å². The maximum Gasteiger partial charge on any atom is 0.127 e. The Labute approximate surface area is 142 Å². The van der Waals surface area contributed by atoms with Crippen LogP contribution in [0.25, 0.3) is 0 Å². The first kappa shape index (κ1) is 15.4. The quantitative estimate of drug-likeness (QED) is 0.804. The molecule has 2 aromatic rings. The second-order valence-electron chi connectivity index (χ2n) is 7.21. The van der Waals surface area contributed by atoms with Gasteiger partial charge in [0.1, 0.15) is 23.4 Å². The Balaban J connectivity index is 1.75. The first-order valence-corrected chi connectivity index (χ1v) is 8.94. The molecule has 1 aliphatic heterocycles. The zero-order chi connectivity index (χ0) is 16.7. The fourth-order valence-corrected chi connectivity index (χ4v) is 4.51. The minimum Gasteiger partial charge on any atom is -0.508 e.